The van der Waals surface area contributed by atoms with Crippen molar-refractivity contribution in [2.24, 2.45) is 0 Å². The SMILES string of the molecule is Clc1ccc2c3c1CCCN3CCNC2. The average molecular weight is 223 g/mol. The summed E-state index contributed by atoms with van der Waals surface area (Å²) in [7, 11) is 0. The number of hydrogen-bond donors (Lipinski definition) is 1. The largest absolute Gasteiger partial charge is 0.370 e. The molecular weight excluding hydrogens is 208 g/mol. The minimum atomic E-state index is 0.945. The molecule has 0 amide bonds. The van der Waals surface area contributed by atoms with E-state index in [1.807, 2.05) is 6.07 Å². The van der Waals surface area contributed by atoms with Crippen molar-refractivity contribution in [2.45, 2.75) is 19.4 Å². The first-order valence-corrected chi connectivity index (χ1v) is 6.00. The van der Waals surface area contributed by atoms with Crippen molar-refractivity contribution < 1.29 is 0 Å². The molecule has 0 aromatic heterocycles. The Bertz CT molecular complexity index is 389. The Kier molecular flexibility index (Phi) is 2.33. The maximum Gasteiger partial charge on any atom is 0.0459 e. The number of hydrogen-bond acceptors (Lipinski definition) is 2. The van der Waals surface area contributed by atoms with Gasteiger partial charge >= 0.3 is 0 Å². The normalized spacial score (nSPS) is 19.7. The van der Waals surface area contributed by atoms with Crippen LogP contribution in [0.1, 0.15) is 17.5 Å². The van der Waals surface area contributed by atoms with Crippen LogP contribution in [-0.4, -0.2) is 19.6 Å². The van der Waals surface area contributed by atoms with Gasteiger partial charge in [0.2, 0.25) is 0 Å². The summed E-state index contributed by atoms with van der Waals surface area (Å²) in [6.45, 7) is 4.35. The number of nitrogens with zero attached hydrogens (tertiary/aromatic N) is 1. The molecule has 80 valence electrons. The lowest BCUT2D eigenvalue weighted by Gasteiger charge is -2.32. The predicted octanol–water partition coefficient (Wildman–Crippen LogP) is 2.20. The molecule has 3 heteroatoms. The number of halogens is 1. The highest BCUT2D eigenvalue weighted by Gasteiger charge is 2.23. The first-order valence-electron chi connectivity index (χ1n) is 5.62. The van der Waals surface area contributed by atoms with E-state index in [1.54, 1.807) is 0 Å². The third-order valence-electron chi connectivity index (χ3n) is 3.35. The molecule has 1 aromatic carbocycles. The quantitative estimate of drug-likeness (QED) is 0.724. The zero-order valence-electron chi connectivity index (χ0n) is 8.72. The molecule has 0 spiro atoms. The van der Waals surface area contributed by atoms with Crippen LogP contribution < -0.4 is 10.2 Å². The number of nitrogens with one attached hydrogen (secondary N) is 1. The van der Waals surface area contributed by atoms with Crippen LogP contribution in [0.2, 0.25) is 5.02 Å². The third kappa shape index (κ3) is 1.52. The van der Waals surface area contributed by atoms with Crippen LogP contribution in [-0.2, 0) is 13.0 Å². The van der Waals surface area contributed by atoms with Crippen LogP contribution >= 0.6 is 11.6 Å². The van der Waals surface area contributed by atoms with Crippen molar-refractivity contribution in [1.29, 1.82) is 0 Å². The summed E-state index contributed by atoms with van der Waals surface area (Å²) >= 11 is 6.27. The summed E-state index contributed by atoms with van der Waals surface area (Å²) in [5.41, 5.74) is 4.19. The van der Waals surface area contributed by atoms with Gasteiger partial charge in [0.1, 0.15) is 0 Å². The van der Waals surface area contributed by atoms with Gasteiger partial charge in [-0.3, -0.25) is 0 Å². The van der Waals surface area contributed by atoms with Gasteiger partial charge in [0.05, 0.1) is 0 Å². The van der Waals surface area contributed by atoms with Gasteiger partial charge in [-0.15, -0.1) is 0 Å². The van der Waals surface area contributed by atoms with E-state index in [0.717, 1.165) is 31.1 Å². The van der Waals surface area contributed by atoms with E-state index in [0.29, 0.717) is 0 Å². The van der Waals surface area contributed by atoms with E-state index in [9.17, 15) is 0 Å². The zero-order valence-corrected chi connectivity index (χ0v) is 9.48. The Morgan fingerprint density at radius 2 is 2.20 bits per heavy atom. The molecule has 2 aliphatic heterocycles. The van der Waals surface area contributed by atoms with E-state index >= 15 is 0 Å². The smallest absolute Gasteiger partial charge is 0.0459 e. The van der Waals surface area contributed by atoms with Crippen molar-refractivity contribution in [3.8, 4) is 0 Å². The fourth-order valence-corrected chi connectivity index (χ4v) is 2.90. The van der Waals surface area contributed by atoms with Crippen molar-refractivity contribution >= 4 is 17.3 Å². The van der Waals surface area contributed by atoms with E-state index in [-0.39, 0.29) is 0 Å². The summed E-state index contributed by atoms with van der Waals surface area (Å²) in [6.07, 6.45) is 2.37. The van der Waals surface area contributed by atoms with Crippen molar-refractivity contribution in [2.75, 3.05) is 24.5 Å². The monoisotopic (exact) mass is 222 g/mol. The van der Waals surface area contributed by atoms with Gasteiger partial charge in [-0.2, -0.15) is 0 Å². The van der Waals surface area contributed by atoms with Crippen LogP contribution in [0, 0.1) is 0 Å². The fourth-order valence-electron chi connectivity index (χ4n) is 2.65. The van der Waals surface area contributed by atoms with Crippen LogP contribution in [0.5, 0.6) is 0 Å². The number of anilines is 1. The molecule has 2 nitrogen and oxygen atoms in total. The second-order valence-corrected chi connectivity index (χ2v) is 4.71. The Morgan fingerprint density at radius 3 is 3.13 bits per heavy atom. The van der Waals surface area contributed by atoms with Gasteiger partial charge in [0, 0.05) is 36.9 Å². The second-order valence-electron chi connectivity index (χ2n) is 4.30. The molecule has 1 N–H and O–H groups in total. The lowest BCUT2D eigenvalue weighted by atomic mass is 9.98. The second kappa shape index (κ2) is 3.69. The van der Waals surface area contributed by atoms with Crippen molar-refractivity contribution in [3.63, 3.8) is 0 Å². The minimum Gasteiger partial charge on any atom is -0.370 e. The first-order chi connectivity index (χ1) is 7.36. The first kappa shape index (κ1) is 9.49. The third-order valence-corrected chi connectivity index (χ3v) is 3.71. The lowest BCUT2D eigenvalue weighted by molar-refractivity contribution is 0.661. The topological polar surface area (TPSA) is 15.3 Å². The average Bonchev–Trinajstić information content (AvgIpc) is 2.47. The molecule has 2 heterocycles. The Hall–Kier alpha value is -0.730. The van der Waals surface area contributed by atoms with E-state index < -0.39 is 0 Å². The zero-order chi connectivity index (χ0) is 10.3. The molecule has 0 saturated carbocycles. The van der Waals surface area contributed by atoms with Gasteiger partial charge in [0.15, 0.2) is 0 Å². The van der Waals surface area contributed by atoms with Crippen LogP contribution in [0.4, 0.5) is 5.69 Å². The summed E-state index contributed by atoms with van der Waals surface area (Å²) in [4.78, 5) is 2.49. The minimum absolute atomic E-state index is 0.945. The molecule has 15 heavy (non-hydrogen) atoms. The number of benzene rings is 1. The summed E-state index contributed by atoms with van der Waals surface area (Å²) < 4.78 is 0. The molecule has 0 aliphatic carbocycles. The van der Waals surface area contributed by atoms with Gasteiger partial charge in [0.25, 0.3) is 0 Å². The van der Waals surface area contributed by atoms with Gasteiger partial charge in [-0.05, 0) is 30.0 Å². The highest BCUT2D eigenvalue weighted by atomic mass is 35.5. The maximum atomic E-state index is 6.27. The van der Waals surface area contributed by atoms with Gasteiger partial charge < -0.3 is 10.2 Å². The molecule has 0 atom stereocenters. The standard InChI is InChI=1S/C12H15ClN2/c13-11-4-3-9-8-14-5-7-15-6-1-2-10(11)12(9)15/h3-4,14H,1-2,5-8H2. The molecule has 0 bridgehead atoms. The van der Waals surface area contributed by atoms with Gasteiger partial charge in [-0.1, -0.05) is 17.7 Å². The molecule has 0 fully saturated rings. The fraction of sp³-hybridized carbons (Fsp3) is 0.500. The van der Waals surface area contributed by atoms with E-state index in [4.69, 9.17) is 11.6 Å². The molecule has 0 saturated heterocycles. The van der Waals surface area contributed by atoms with Crippen LogP contribution in [0.3, 0.4) is 0 Å². The van der Waals surface area contributed by atoms with Gasteiger partial charge in [-0.25, -0.2) is 0 Å². The van der Waals surface area contributed by atoms with Crippen molar-refractivity contribution in [3.05, 3.63) is 28.3 Å². The van der Waals surface area contributed by atoms with Crippen molar-refractivity contribution in [1.82, 2.24) is 5.32 Å². The molecular formula is C12H15ClN2. The maximum absolute atomic E-state index is 6.27. The van der Waals surface area contributed by atoms with Crippen LogP contribution in [0.15, 0.2) is 12.1 Å². The summed E-state index contributed by atoms with van der Waals surface area (Å²) in [5.74, 6) is 0. The Morgan fingerprint density at radius 1 is 1.27 bits per heavy atom. The highest BCUT2D eigenvalue weighted by molar-refractivity contribution is 6.31. The van der Waals surface area contributed by atoms with E-state index in [2.05, 4.69) is 16.3 Å². The van der Waals surface area contributed by atoms with Crippen LogP contribution in [0.25, 0.3) is 0 Å². The molecule has 2 aliphatic rings. The molecule has 0 radical (unpaired) electrons. The summed E-state index contributed by atoms with van der Waals surface area (Å²) in [6, 6.07) is 4.21. The Balaban J connectivity index is 2.18. The highest BCUT2D eigenvalue weighted by Crippen LogP contribution is 2.36. The molecule has 0 unspecified atom stereocenters. The Labute approximate surface area is 95.2 Å². The predicted molar refractivity (Wildman–Crippen MR) is 63.7 cm³/mol. The van der Waals surface area contributed by atoms with E-state index in [1.165, 1.54) is 29.8 Å². The summed E-state index contributed by atoms with van der Waals surface area (Å²) in [5, 5.41) is 4.40. The lowest BCUT2D eigenvalue weighted by Crippen LogP contribution is -2.33. The number of rotatable bonds is 0. The molecule has 3 rings (SSSR count). The molecule has 1 aromatic rings.